The van der Waals surface area contributed by atoms with E-state index in [9.17, 15) is 9.59 Å². The second kappa shape index (κ2) is 7.04. The standard InChI is InChI=1S/C18H18N4O3/c1-22(2)16-8-5-12(10-19-16)11-20-17(23)13-6-7-14(21-18(13)24)15-4-3-9-25-15/h3-10H,11H2,1-2H3,(H,20,23)(H,21,24). The first-order valence-corrected chi connectivity index (χ1v) is 7.72. The number of aromatic nitrogens is 2. The largest absolute Gasteiger partial charge is 0.463 e. The lowest BCUT2D eigenvalue weighted by Crippen LogP contribution is -2.29. The van der Waals surface area contributed by atoms with Crippen molar-refractivity contribution in [3.63, 3.8) is 0 Å². The van der Waals surface area contributed by atoms with Crippen LogP contribution in [-0.4, -0.2) is 30.0 Å². The fraction of sp³-hybridized carbons (Fsp3) is 0.167. The van der Waals surface area contributed by atoms with Crippen molar-refractivity contribution in [2.45, 2.75) is 6.54 Å². The van der Waals surface area contributed by atoms with E-state index in [1.807, 2.05) is 31.1 Å². The van der Waals surface area contributed by atoms with E-state index in [0.717, 1.165) is 11.4 Å². The first kappa shape index (κ1) is 16.5. The van der Waals surface area contributed by atoms with Gasteiger partial charge in [-0.15, -0.1) is 0 Å². The van der Waals surface area contributed by atoms with Crippen LogP contribution in [0.2, 0.25) is 0 Å². The van der Waals surface area contributed by atoms with Gasteiger partial charge in [0.25, 0.3) is 11.5 Å². The van der Waals surface area contributed by atoms with E-state index in [1.165, 1.54) is 12.3 Å². The van der Waals surface area contributed by atoms with Gasteiger partial charge in [-0.2, -0.15) is 0 Å². The summed E-state index contributed by atoms with van der Waals surface area (Å²) in [5.74, 6) is 0.931. The molecule has 0 fully saturated rings. The Morgan fingerprint density at radius 2 is 2.08 bits per heavy atom. The highest BCUT2D eigenvalue weighted by Crippen LogP contribution is 2.15. The van der Waals surface area contributed by atoms with E-state index < -0.39 is 11.5 Å². The van der Waals surface area contributed by atoms with Crippen LogP contribution in [0.25, 0.3) is 11.5 Å². The summed E-state index contributed by atoms with van der Waals surface area (Å²) in [4.78, 5) is 33.2. The molecular formula is C18H18N4O3. The number of anilines is 1. The highest BCUT2D eigenvalue weighted by atomic mass is 16.3. The van der Waals surface area contributed by atoms with E-state index in [-0.39, 0.29) is 5.56 Å². The first-order valence-electron chi connectivity index (χ1n) is 7.72. The van der Waals surface area contributed by atoms with Crippen molar-refractivity contribution in [2.24, 2.45) is 0 Å². The van der Waals surface area contributed by atoms with Crippen molar-refractivity contribution in [3.8, 4) is 11.5 Å². The molecule has 7 heteroatoms. The lowest BCUT2D eigenvalue weighted by molar-refractivity contribution is 0.0949. The van der Waals surface area contributed by atoms with Crippen LogP contribution in [0.15, 0.2) is 58.1 Å². The van der Waals surface area contributed by atoms with Crippen molar-refractivity contribution in [1.82, 2.24) is 15.3 Å². The van der Waals surface area contributed by atoms with E-state index in [0.29, 0.717) is 18.0 Å². The Bertz CT molecular complexity index is 912. The third kappa shape index (κ3) is 3.77. The van der Waals surface area contributed by atoms with Crippen LogP contribution >= 0.6 is 0 Å². The van der Waals surface area contributed by atoms with Crippen LogP contribution in [0.1, 0.15) is 15.9 Å². The van der Waals surface area contributed by atoms with Gasteiger partial charge < -0.3 is 19.6 Å². The molecule has 3 rings (SSSR count). The SMILES string of the molecule is CN(C)c1ccc(CNC(=O)c2ccc(-c3ccco3)[nH]c2=O)cn1. The Labute approximate surface area is 144 Å². The Hall–Kier alpha value is -3.35. The second-order valence-electron chi connectivity index (χ2n) is 5.69. The fourth-order valence-corrected chi connectivity index (χ4v) is 2.29. The third-order valence-corrected chi connectivity index (χ3v) is 3.66. The van der Waals surface area contributed by atoms with E-state index in [1.54, 1.807) is 24.4 Å². The number of hydrogen-bond donors (Lipinski definition) is 2. The Morgan fingerprint density at radius 1 is 1.24 bits per heavy atom. The molecule has 0 aliphatic heterocycles. The summed E-state index contributed by atoms with van der Waals surface area (Å²) >= 11 is 0. The zero-order valence-corrected chi connectivity index (χ0v) is 13.9. The number of furan rings is 1. The molecule has 0 atom stereocenters. The molecule has 0 saturated heterocycles. The smallest absolute Gasteiger partial charge is 0.261 e. The molecule has 0 aliphatic carbocycles. The highest BCUT2D eigenvalue weighted by molar-refractivity contribution is 5.93. The van der Waals surface area contributed by atoms with Crippen molar-refractivity contribution in [3.05, 3.63) is 70.3 Å². The number of nitrogens with one attached hydrogen (secondary N) is 2. The molecule has 0 aliphatic rings. The molecular weight excluding hydrogens is 320 g/mol. The lowest BCUT2D eigenvalue weighted by atomic mass is 10.2. The second-order valence-corrected chi connectivity index (χ2v) is 5.69. The highest BCUT2D eigenvalue weighted by Gasteiger charge is 2.12. The van der Waals surface area contributed by atoms with Crippen LogP contribution in [0.3, 0.4) is 0 Å². The molecule has 25 heavy (non-hydrogen) atoms. The topological polar surface area (TPSA) is 91.2 Å². The van der Waals surface area contributed by atoms with Gasteiger partial charge in [0.15, 0.2) is 0 Å². The van der Waals surface area contributed by atoms with Crippen molar-refractivity contribution >= 4 is 11.7 Å². The maximum absolute atomic E-state index is 12.2. The van der Waals surface area contributed by atoms with Gasteiger partial charge in [-0.05, 0) is 35.9 Å². The predicted octanol–water partition coefficient (Wildman–Crippen LogP) is 2.03. The van der Waals surface area contributed by atoms with Gasteiger partial charge in [0.05, 0.1) is 12.0 Å². The summed E-state index contributed by atoms with van der Waals surface area (Å²) < 4.78 is 5.23. The number of aromatic amines is 1. The molecule has 1 amide bonds. The monoisotopic (exact) mass is 338 g/mol. The molecule has 0 radical (unpaired) electrons. The van der Waals surface area contributed by atoms with Crippen molar-refractivity contribution in [1.29, 1.82) is 0 Å². The number of hydrogen-bond acceptors (Lipinski definition) is 5. The summed E-state index contributed by atoms with van der Waals surface area (Å²) in [6.07, 6.45) is 3.21. The predicted molar refractivity (Wildman–Crippen MR) is 94.5 cm³/mol. The molecule has 3 aromatic heterocycles. The average Bonchev–Trinajstić information content (AvgIpc) is 3.14. The quantitative estimate of drug-likeness (QED) is 0.743. The summed E-state index contributed by atoms with van der Waals surface area (Å²) in [5, 5.41) is 2.72. The van der Waals surface area contributed by atoms with Crippen molar-refractivity contribution in [2.75, 3.05) is 19.0 Å². The normalized spacial score (nSPS) is 10.5. The zero-order valence-electron chi connectivity index (χ0n) is 13.9. The van der Waals surface area contributed by atoms with Crippen LogP contribution < -0.4 is 15.8 Å². The summed E-state index contributed by atoms with van der Waals surface area (Å²) in [6, 6.07) is 10.3. The van der Waals surface area contributed by atoms with E-state index >= 15 is 0 Å². The van der Waals surface area contributed by atoms with Gasteiger partial charge in [0.2, 0.25) is 0 Å². The molecule has 0 unspecified atom stereocenters. The third-order valence-electron chi connectivity index (χ3n) is 3.66. The molecule has 0 saturated carbocycles. The molecule has 3 aromatic rings. The molecule has 7 nitrogen and oxygen atoms in total. The van der Waals surface area contributed by atoms with Crippen LogP contribution in [0.5, 0.6) is 0 Å². The fourth-order valence-electron chi connectivity index (χ4n) is 2.29. The number of pyridine rings is 2. The molecule has 0 bridgehead atoms. The number of H-pyrrole nitrogens is 1. The maximum atomic E-state index is 12.2. The number of nitrogens with zero attached hydrogens (tertiary/aromatic N) is 2. The van der Waals surface area contributed by atoms with Gasteiger partial charge in [-0.25, -0.2) is 4.98 Å². The van der Waals surface area contributed by atoms with E-state index in [2.05, 4.69) is 15.3 Å². The molecule has 3 heterocycles. The summed E-state index contributed by atoms with van der Waals surface area (Å²) in [7, 11) is 3.81. The van der Waals surface area contributed by atoms with Crippen LogP contribution in [-0.2, 0) is 6.54 Å². The molecule has 2 N–H and O–H groups in total. The number of amides is 1. The molecule has 0 aromatic carbocycles. The van der Waals surface area contributed by atoms with Gasteiger partial charge in [0, 0.05) is 26.8 Å². The van der Waals surface area contributed by atoms with Crippen molar-refractivity contribution < 1.29 is 9.21 Å². The minimum atomic E-state index is -0.465. The van der Waals surface area contributed by atoms with E-state index in [4.69, 9.17) is 4.42 Å². The van der Waals surface area contributed by atoms with Crippen LogP contribution in [0.4, 0.5) is 5.82 Å². The van der Waals surface area contributed by atoms with Crippen LogP contribution in [0, 0.1) is 0 Å². The Balaban J connectivity index is 1.68. The van der Waals surface area contributed by atoms with Gasteiger partial charge >= 0.3 is 0 Å². The molecule has 0 spiro atoms. The minimum absolute atomic E-state index is 0.0492. The summed E-state index contributed by atoms with van der Waals surface area (Å²) in [6.45, 7) is 0.291. The number of carbonyl (C=O) groups excluding carboxylic acids is 1. The number of rotatable bonds is 5. The number of carbonyl (C=O) groups is 1. The van der Waals surface area contributed by atoms with Gasteiger partial charge in [-0.1, -0.05) is 6.07 Å². The summed E-state index contributed by atoms with van der Waals surface area (Å²) in [5.41, 5.74) is 0.957. The maximum Gasteiger partial charge on any atom is 0.261 e. The zero-order chi connectivity index (χ0) is 17.8. The Kier molecular flexibility index (Phi) is 4.65. The first-order chi connectivity index (χ1) is 12.0. The Morgan fingerprint density at radius 3 is 2.68 bits per heavy atom. The molecule has 128 valence electrons. The lowest BCUT2D eigenvalue weighted by Gasteiger charge is -2.11. The van der Waals surface area contributed by atoms with Gasteiger partial charge in [-0.3, -0.25) is 9.59 Å². The average molecular weight is 338 g/mol. The van der Waals surface area contributed by atoms with Gasteiger partial charge in [0.1, 0.15) is 17.1 Å². The minimum Gasteiger partial charge on any atom is -0.463 e.